The first-order chi connectivity index (χ1) is 15.2. The molecule has 2 amide bonds. The Bertz CT molecular complexity index is 835. The molecular formula is C25H33N3O3. The summed E-state index contributed by atoms with van der Waals surface area (Å²) in [6.45, 7) is 1.69. The molecule has 1 fully saturated rings. The highest BCUT2D eigenvalue weighted by Crippen LogP contribution is 2.26. The summed E-state index contributed by atoms with van der Waals surface area (Å²) in [7, 11) is 0. The molecule has 0 saturated heterocycles. The number of rotatable bonds is 10. The number of benzene rings is 2. The number of para-hydroxylation sites is 1. The normalized spacial score (nSPS) is 14.1. The molecule has 0 aliphatic heterocycles. The van der Waals surface area contributed by atoms with Gasteiger partial charge in [0.2, 0.25) is 5.91 Å². The standard InChI is InChI=1S/C25H33N3O3/c26-15-8-16-28(25(30)21-10-3-1-4-11-21)18-20-9-7-12-22(17-20)27-24(29)19-31-23-13-5-2-6-14-23/h2,5-7,9,12-14,17,21H,1,3-4,8,10-11,15-16,18-19,26H2,(H,27,29). The molecule has 3 N–H and O–H groups in total. The quantitative estimate of drug-likeness (QED) is 0.606. The summed E-state index contributed by atoms with van der Waals surface area (Å²) in [5, 5.41) is 2.87. The van der Waals surface area contributed by atoms with Gasteiger partial charge in [0.1, 0.15) is 5.75 Å². The summed E-state index contributed by atoms with van der Waals surface area (Å²) >= 11 is 0. The summed E-state index contributed by atoms with van der Waals surface area (Å²) in [5.41, 5.74) is 7.39. The maximum Gasteiger partial charge on any atom is 0.262 e. The van der Waals surface area contributed by atoms with Gasteiger partial charge in [-0.2, -0.15) is 0 Å². The Morgan fingerprint density at radius 3 is 2.55 bits per heavy atom. The first-order valence-corrected chi connectivity index (χ1v) is 11.2. The van der Waals surface area contributed by atoms with E-state index in [0.29, 0.717) is 31.1 Å². The minimum absolute atomic E-state index is 0.0585. The Balaban J connectivity index is 1.58. The van der Waals surface area contributed by atoms with Crippen LogP contribution in [0, 0.1) is 5.92 Å². The van der Waals surface area contributed by atoms with Gasteiger partial charge in [-0.25, -0.2) is 0 Å². The van der Waals surface area contributed by atoms with Crippen LogP contribution in [-0.2, 0) is 16.1 Å². The van der Waals surface area contributed by atoms with Crippen molar-refractivity contribution in [3.05, 3.63) is 60.2 Å². The van der Waals surface area contributed by atoms with E-state index in [9.17, 15) is 9.59 Å². The van der Waals surface area contributed by atoms with Crippen molar-refractivity contribution in [2.75, 3.05) is 25.0 Å². The van der Waals surface area contributed by atoms with E-state index >= 15 is 0 Å². The lowest BCUT2D eigenvalue weighted by Gasteiger charge is -2.29. The first-order valence-electron chi connectivity index (χ1n) is 11.2. The minimum atomic E-state index is -0.223. The zero-order valence-corrected chi connectivity index (χ0v) is 18.1. The number of anilines is 1. The van der Waals surface area contributed by atoms with E-state index in [1.165, 1.54) is 6.42 Å². The summed E-state index contributed by atoms with van der Waals surface area (Å²) in [5.74, 6) is 0.797. The van der Waals surface area contributed by atoms with Gasteiger partial charge in [0, 0.05) is 24.7 Å². The Morgan fingerprint density at radius 1 is 1.03 bits per heavy atom. The number of nitrogens with zero attached hydrogens (tertiary/aromatic N) is 1. The van der Waals surface area contributed by atoms with Gasteiger partial charge in [0.25, 0.3) is 5.91 Å². The Morgan fingerprint density at radius 2 is 1.81 bits per heavy atom. The second-order valence-electron chi connectivity index (χ2n) is 8.09. The Labute approximate surface area is 184 Å². The second-order valence-corrected chi connectivity index (χ2v) is 8.09. The van der Waals surface area contributed by atoms with E-state index in [4.69, 9.17) is 10.5 Å². The molecule has 166 valence electrons. The molecule has 1 aliphatic carbocycles. The molecule has 1 saturated carbocycles. The molecule has 0 unspecified atom stereocenters. The number of hydrogen-bond acceptors (Lipinski definition) is 4. The third-order valence-electron chi connectivity index (χ3n) is 5.60. The van der Waals surface area contributed by atoms with Crippen molar-refractivity contribution in [1.29, 1.82) is 0 Å². The predicted molar refractivity (Wildman–Crippen MR) is 123 cm³/mol. The number of nitrogens with one attached hydrogen (secondary N) is 1. The molecule has 0 spiro atoms. The highest BCUT2D eigenvalue weighted by atomic mass is 16.5. The van der Waals surface area contributed by atoms with Crippen LogP contribution >= 0.6 is 0 Å². The van der Waals surface area contributed by atoms with Crippen LogP contribution in [-0.4, -0.2) is 36.4 Å². The molecule has 31 heavy (non-hydrogen) atoms. The average molecular weight is 424 g/mol. The van der Waals surface area contributed by atoms with Gasteiger partial charge in [0.05, 0.1) is 0 Å². The number of nitrogens with two attached hydrogens (primary N) is 1. The van der Waals surface area contributed by atoms with Crippen LogP contribution in [0.3, 0.4) is 0 Å². The van der Waals surface area contributed by atoms with E-state index in [1.807, 2.05) is 59.5 Å². The molecule has 6 nitrogen and oxygen atoms in total. The van der Waals surface area contributed by atoms with Crippen molar-refractivity contribution in [1.82, 2.24) is 4.90 Å². The maximum absolute atomic E-state index is 13.1. The third-order valence-corrected chi connectivity index (χ3v) is 5.60. The fraction of sp³-hybridized carbons (Fsp3) is 0.440. The molecule has 0 aromatic heterocycles. The van der Waals surface area contributed by atoms with Gasteiger partial charge in [0.15, 0.2) is 6.61 Å². The van der Waals surface area contributed by atoms with Crippen molar-refractivity contribution >= 4 is 17.5 Å². The second kappa shape index (κ2) is 12.1. The molecule has 3 rings (SSSR count). The van der Waals surface area contributed by atoms with Crippen molar-refractivity contribution in [3.8, 4) is 5.75 Å². The van der Waals surface area contributed by atoms with Crippen LogP contribution in [0.25, 0.3) is 0 Å². The molecule has 2 aromatic rings. The van der Waals surface area contributed by atoms with Crippen LogP contribution in [0.1, 0.15) is 44.1 Å². The zero-order chi connectivity index (χ0) is 21.9. The minimum Gasteiger partial charge on any atom is -0.484 e. The summed E-state index contributed by atoms with van der Waals surface area (Å²) in [6.07, 6.45) is 6.24. The Kier molecular flexibility index (Phi) is 8.91. The highest BCUT2D eigenvalue weighted by Gasteiger charge is 2.25. The first kappa shape index (κ1) is 22.8. The Hall–Kier alpha value is -2.86. The van der Waals surface area contributed by atoms with E-state index in [0.717, 1.165) is 37.7 Å². The number of amides is 2. The van der Waals surface area contributed by atoms with Crippen molar-refractivity contribution in [2.45, 2.75) is 45.1 Å². The van der Waals surface area contributed by atoms with Crippen molar-refractivity contribution < 1.29 is 14.3 Å². The molecule has 0 heterocycles. The third kappa shape index (κ3) is 7.40. The van der Waals surface area contributed by atoms with Gasteiger partial charge in [-0.15, -0.1) is 0 Å². The summed E-state index contributed by atoms with van der Waals surface area (Å²) in [6, 6.07) is 16.9. The van der Waals surface area contributed by atoms with Gasteiger partial charge in [-0.3, -0.25) is 9.59 Å². The van der Waals surface area contributed by atoms with Gasteiger partial charge >= 0.3 is 0 Å². The molecule has 6 heteroatoms. The maximum atomic E-state index is 13.1. The largest absolute Gasteiger partial charge is 0.484 e. The van der Waals surface area contributed by atoms with Crippen LogP contribution in [0.5, 0.6) is 5.75 Å². The van der Waals surface area contributed by atoms with Crippen LogP contribution in [0.4, 0.5) is 5.69 Å². The number of carbonyl (C=O) groups is 2. The monoisotopic (exact) mass is 423 g/mol. The molecule has 1 aliphatic rings. The van der Waals surface area contributed by atoms with Gasteiger partial charge < -0.3 is 20.7 Å². The lowest BCUT2D eigenvalue weighted by molar-refractivity contribution is -0.137. The zero-order valence-electron chi connectivity index (χ0n) is 18.1. The molecular weight excluding hydrogens is 390 g/mol. The number of carbonyl (C=O) groups excluding carboxylic acids is 2. The van der Waals surface area contributed by atoms with Gasteiger partial charge in [-0.1, -0.05) is 49.6 Å². The fourth-order valence-electron chi connectivity index (χ4n) is 3.99. The highest BCUT2D eigenvalue weighted by molar-refractivity contribution is 5.92. The van der Waals surface area contributed by atoms with Crippen molar-refractivity contribution in [2.24, 2.45) is 11.7 Å². The van der Waals surface area contributed by atoms with E-state index in [2.05, 4.69) is 5.32 Å². The van der Waals surface area contributed by atoms with Crippen LogP contribution in [0.2, 0.25) is 0 Å². The fourth-order valence-corrected chi connectivity index (χ4v) is 3.99. The van der Waals surface area contributed by atoms with E-state index in [1.54, 1.807) is 0 Å². The topological polar surface area (TPSA) is 84.7 Å². The molecule has 0 radical (unpaired) electrons. The lowest BCUT2D eigenvalue weighted by atomic mass is 9.88. The van der Waals surface area contributed by atoms with E-state index in [-0.39, 0.29) is 24.3 Å². The number of ether oxygens (including phenoxy) is 1. The number of hydrogen-bond donors (Lipinski definition) is 2. The van der Waals surface area contributed by atoms with Gasteiger partial charge in [-0.05, 0) is 55.6 Å². The van der Waals surface area contributed by atoms with Crippen molar-refractivity contribution in [3.63, 3.8) is 0 Å². The lowest BCUT2D eigenvalue weighted by Crippen LogP contribution is -2.38. The molecule has 0 atom stereocenters. The molecule has 2 aromatic carbocycles. The SMILES string of the molecule is NCCCN(Cc1cccc(NC(=O)COc2ccccc2)c1)C(=O)C1CCCCC1. The summed E-state index contributed by atoms with van der Waals surface area (Å²) in [4.78, 5) is 27.3. The predicted octanol–water partition coefficient (Wildman–Crippen LogP) is 3.96. The van der Waals surface area contributed by atoms with Crippen LogP contribution in [0.15, 0.2) is 54.6 Å². The van der Waals surface area contributed by atoms with Crippen LogP contribution < -0.4 is 15.8 Å². The summed E-state index contributed by atoms with van der Waals surface area (Å²) < 4.78 is 5.50. The smallest absolute Gasteiger partial charge is 0.262 e. The average Bonchev–Trinajstić information content (AvgIpc) is 2.81. The van der Waals surface area contributed by atoms with E-state index < -0.39 is 0 Å². The molecule has 0 bridgehead atoms.